The molecule has 2 fully saturated rings. The van der Waals surface area contributed by atoms with Gasteiger partial charge in [-0.3, -0.25) is 14.5 Å². The second kappa shape index (κ2) is 7.92. The molecule has 0 bridgehead atoms. The molecule has 0 atom stereocenters. The molecule has 1 heterocycles. The average molecular weight is 413 g/mol. The maximum atomic E-state index is 12.9. The lowest BCUT2D eigenvalue weighted by molar-refractivity contribution is -0.274. The standard InChI is InChI=1S/C19H22F3N3O4/c1-24-17(28)25(16(27)18(24)9-5-2-6-10-18)12-15(26)23-11-13-7-3-4-8-14(13)29-19(20,21)22/h3-4,7-8H,2,5-6,9-12H2,1H3,(H,23,26). The van der Waals surface area contributed by atoms with E-state index in [-0.39, 0.29) is 18.0 Å². The molecule has 0 unspecified atom stereocenters. The largest absolute Gasteiger partial charge is 0.573 e. The van der Waals surface area contributed by atoms with Crippen LogP contribution in [0.15, 0.2) is 24.3 Å². The zero-order valence-electron chi connectivity index (χ0n) is 15.9. The molecular formula is C19H22F3N3O4. The van der Waals surface area contributed by atoms with E-state index < -0.39 is 36.1 Å². The number of likely N-dealkylation sites (N-methyl/N-ethyl adjacent to an activating group) is 1. The Balaban J connectivity index is 1.63. The highest BCUT2D eigenvalue weighted by Gasteiger charge is 2.55. The molecule has 1 aromatic carbocycles. The summed E-state index contributed by atoms with van der Waals surface area (Å²) >= 11 is 0. The van der Waals surface area contributed by atoms with Crippen LogP contribution in [0.4, 0.5) is 18.0 Å². The van der Waals surface area contributed by atoms with Crippen LogP contribution in [0.5, 0.6) is 5.75 Å². The molecule has 3 rings (SSSR count). The van der Waals surface area contributed by atoms with Gasteiger partial charge in [-0.05, 0) is 18.9 Å². The highest BCUT2D eigenvalue weighted by atomic mass is 19.4. The van der Waals surface area contributed by atoms with Gasteiger partial charge in [0.2, 0.25) is 5.91 Å². The molecule has 1 aliphatic carbocycles. The number of imide groups is 1. The number of hydrogen-bond acceptors (Lipinski definition) is 4. The Bertz CT molecular complexity index is 806. The fourth-order valence-electron chi connectivity index (χ4n) is 3.94. The number of para-hydroxylation sites is 1. The summed E-state index contributed by atoms with van der Waals surface area (Å²) in [7, 11) is 1.56. The second-order valence-electron chi connectivity index (χ2n) is 7.26. The van der Waals surface area contributed by atoms with Gasteiger partial charge in [-0.25, -0.2) is 4.79 Å². The number of hydrogen-bond donors (Lipinski definition) is 1. The molecule has 0 radical (unpaired) electrons. The minimum Gasteiger partial charge on any atom is -0.405 e. The third-order valence-electron chi connectivity index (χ3n) is 5.46. The molecule has 158 valence electrons. The summed E-state index contributed by atoms with van der Waals surface area (Å²) in [5.74, 6) is -1.45. The lowest BCUT2D eigenvalue weighted by Gasteiger charge is -2.35. The maximum absolute atomic E-state index is 12.9. The molecule has 2 aliphatic rings. The fourth-order valence-corrected chi connectivity index (χ4v) is 3.94. The molecule has 10 heteroatoms. The number of nitrogens with one attached hydrogen (secondary N) is 1. The third-order valence-corrected chi connectivity index (χ3v) is 5.46. The van der Waals surface area contributed by atoms with Gasteiger partial charge in [0.25, 0.3) is 5.91 Å². The number of carbonyl (C=O) groups excluding carboxylic acids is 3. The Kier molecular flexibility index (Phi) is 5.72. The zero-order chi connectivity index (χ0) is 21.2. The Hall–Kier alpha value is -2.78. The normalized spacial score (nSPS) is 19.0. The van der Waals surface area contributed by atoms with E-state index >= 15 is 0 Å². The number of alkyl halides is 3. The van der Waals surface area contributed by atoms with Crippen LogP contribution in [0.25, 0.3) is 0 Å². The van der Waals surface area contributed by atoms with Crippen molar-refractivity contribution in [3.63, 3.8) is 0 Å². The van der Waals surface area contributed by atoms with Crippen LogP contribution in [0.1, 0.15) is 37.7 Å². The van der Waals surface area contributed by atoms with Crippen LogP contribution < -0.4 is 10.1 Å². The smallest absolute Gasteiger partial charge is 0.405 e. The number of carbonyl (C=O) groups is 3. The molecule has 1 saturated carbocycles. The van der Waals surface area contributed by atoms with Gasteiger partial charge in [0.1, 0.15) is 17.8 Å². The van der Waals surface area contributed by atoms with Crippen LogP contribution in [0.2, 0.25) is 0 Å². The molecule has 1 saturated heterocycles. The van der Waals surface area contributed by atoms with Gasteiger partial charge in [0, 0.05) is 19.2 Å². The van der Waals surface area contributed by atoms with Crippen molar-refractivity contribution < 1.29 is 32.3 Å². The van der Waals surface area contributed by atoms with E-state index in [1.807, 2.05) is 0 Å². The van der Waals surface area contributed by atoms with E-state index in [2.05, 4.69) is 10.1 Å². The molecule has 1 N–H and O–H groups in total. The molecule has 1 spiro atoms. The SMILES string of the molecule is CN1C(=O)N(CC(=O)NCc2ccccc2OC(F)(F)F)C(=O)C12CCCCC2. The number of rotatable bonds is 5. The Labute approximate surface area is 165 Å². The molecule has 29 heavy (non-hydrogen) atoms. The summed E-state index contributed by atoms with van der Waals surface area (Å²) in [5, 5.41) is 2.45. The van der Waals surface area contributed by atoms with Crippen molar-refractivity contribution in [2.45, 2.75) is 50.6 Å². The maximum Gasteiger partial charge on any atom is 0.573 e. The van der Waals surface area contributed by atoms with Crippen LogP contribution in [0.3, 0.4) is 0 Å². The van der Waals surface area contributed by atoms with E-state index in [1.54, 1.807) is 7.05 Å². The van der Waals surface area contributed by atoms with Gasteiger partial charge in [0.05, 0.1) is 0 Å². The van der Waals surface area contributed by atoms with Crippen molar-refractivity contribution >= 4 is 17.8 Å². The van der Waals surface area contributed by atoms with Crippen LogP contribution in [-0.4, -0.2) is 53.1 Å². The molecule has 7 nitrogen and oxygen atoms in total. The predicted octanol–water partition coefficient (Wildman–Crippen LogP) is 2.80. The van der Waals surface area contributed by atoms with Gasteiger partial charge >= 0.3 is 12.4 Å². The molecule has 0 aromatic heterocycles. The lowest BCUT2D eigenvalue weighted by Crippen LogP contribution is -2.49. The summed E-state index contributed by atoms with van der Waals surface area (Å²) in [4.78, 5) is 40.0. The predicted molar refractivity (Wildman–Crippen MR) is 95.7 cm³/mol. The van der Waals surface area contributed by atoms with Gasteiger partial charge in [0.15, 0.2) is 0 Å². The number of amides is 4. The second-order valence-corrected chi connectivity index (χ2v) is 7.26. The summed E-state index contributed by atoms with van der Waals surface area (Å²) in [6.45, 7) is -0.714. The fraction of sp³-hybridized carbons (Fsp3) is 0.526. The zero-order valence-corrected chi connectivity index (χ0v) is 15.9. The first-order valence-electron chi connectivity index (χ1n) is 9.34. The minimum absolute atomic E-state index is 0.123. The van der Waals surface area contributed by atoms with Crippen molar-refractivity contribution in [2.24, 2.45) is 0 Å². The summed E-state index contributed by atoms with van der Waals surface area (Å²) in [6, 6.07) is 4.89. The van der Waals surface area contributed by atoms with Crippen molar-refractivity contribution in [1.29, 1.82) is 0 Å². The number of nitrogens with zero attached hydrogens (tertiary/aromatic N) is 2. The Morgan fingerprint density at radius 2 is 1.83 bits per heavy atom. The lowest BCUT2D eigenvalue weighted by atomic mass is 9.81. The summed E-state index contributed by atoms with van der Waals surface area (Å²) < 4.78 is 41.4. The molecular weight excluding hydrogens is 391 g/mol. The first kappa shape index (κ1) is 20.9. The van der Waals surface area contributed by atoms with Crippen molar-refractivity contribution in [3.05, 3.63) is 29.8 Å². The van der Waals surface area contributed by atoms with Crippen molar-refractivity contribution in [1.82, 2.24) is 15.1 Å². The van der Waals surface area contributed by atoms with E-state index in [0.29, 0.717) is 12.8 Å². The van der Waals surface area contributed by atoms with Crippen LogP contribution in [0, 0.1) is 0 Å². The Morgan fingerprint density at radius 3 is 2.48 bits per heavy atom. The van der Waals surface area contributed by atoms with Gasteiger partial charge in [-0.2, -0.15) is 0 Å². The van der Waals surface area contributed by atoms with Crippen molar-refractivity contribution in [2.75, 3.05) is 13.6 Å². The summed E-state index contributed by atoms with van der Waals surface area (Å²) in [6.07, 6.45) is -1.06. The van der Waals surface area contributed by atoms with Crippen LogP contribution in [-0.2, 0) is 16.1 Å². The van der Waals surface area contributed by atoms with Gasteiger partial charge in [-0.15, -0.1) is 13.2 Å². The number of ether oxygens (including phenoxy) is 1. The third kappa shape index (κ3) is 4.30. The van der Waals surface area contributed by atoms with Crippen LogP contribution >= 0.6 is 0 Å². The van der Waals surface area contributed by atoms with Gasteiger partial charge < -0.3 is 15.0 Å². The highest BCUT2D eigenvalue weighted by molar-refractivity contribution is 6.08. The molecule has 1 aromatic rings. The van der Waals surface area contributed by atoms with E-state index in [1.165, 1.54) is 23.1 Å². The van der Waals surface area contributed by atoms with E-state index in [9.17, 15) is 27.6 Å². The first-order chi connectivity index (χ1) is 13.6. The number of urea groups is 1. The van der Waals surface area contributed by atoms with Crippen molar-refractivity contribution in [3.8, 4) is 5.75 Å². The number of benzene rings is 1. The average Bonchev–Trinajstić information content (AvgIpc) is 2.83. The van der Waals surface area contributed by atoms with E-state index in [0.717, 1.165) is 30.2 Å². The first-order valence-corrected chi connectivity index (χ1v) is 9.34. The minimum atomic E-state index is -4.85. The quantitative estimate of drug-likeness (QED) is 0.753. The summed E-state index contributed by atoms with van der Waals surface area (Å²) in [5.41, 5.74) is -0.763. The highest BCUT2D eigenvalue weighted by Crippen LogP contribution is 2.39. The molecule has 1 aliphatic heterocycles. The Morgan fingerprint density at radius 1 is 1.17 bits per heavy atom. The van der Waals surface area contributed by atoms with Gasteiger partial charge in [-0.1, -0.05) is 37.5 Å². The molecule has 4 amide bonds. The van der Waals surface area contributed by atoms with E-state index in [4.69, 9.17) is 0 Å². The topological polar surface area (TPSA) is 79.0 Å². The monoisotopic (exact) mass is 413 g/mol. The number of halogens is 3.